The summed E-state index contributed by atoms with van der Waals surface area (Å²) in [4.78, 5) is 11.5. The molecular formula is C12H11BrN2O3S. The van der Waals surface area contributed by atoms with E-state index in [0.29, 0.717) is 5.69 Å². The third-order valence-corrected chi connectivity index (χ3v) is 4.38. The number of hydrogen-bond acceptors (Lipinski definition) is 5. The van der Waals surface area contributed by atoms with E-state index in [0.717, 1.165) is 14.7 Å². The van der Waals surface area contributed by atoms with E-state index < -0.39 is 4.92 Å². The minimum Gasteiger partial charge on any atom is -0.508 e. The van der Waals surface area contributed by atoms with Gasteiger partial charge in [0, 0.05) is 4.88 Å². The Bertz CT molecular complexity index is 615. The molecule has 1 atom stereocenters. The molecule has 0 radical (unpaired) electrons. The van der Waals surface area contributed by atoms with Gasteiger partial charge in [0.25, 0.3) is 5.69 Å². The van der Waals surface area contributed by atoms with Gasteiger partial charge in [-0.1, -0.05) is 0 Å². The lowest BCUT2D eigenvalue weighted by molar-refractivity contribution is -0.384. The average molecular weight is 343 g/mol. The maximum absolute atomic E-state index is 10.9. The molecule has 1 unspecified atom stereocenters. The fraction of sp³-hybridized carbons (Fsp3) is 0.167. The number of halogens is 1. The zero-order valence-electron chi connectivity index (χ0n) is 9.96. The van der Waals surface area contributed by atoms with Crippen molar-refractivity contribution >= 4 is 38.6 Å². The largest absolute Gasteiger partial charge is 0.508 e. The molecule has 0 aliphatic heterocycles. The van der Waals surface area contributed by atoms with Crippen LogP contribution in [0.25, 0.3) is 0 Å². The van der Waals surface area contributed by atoms with Crippen molar-refractivity contribution in [3.8, 4) is 5.75 Å². The maximum atomic E-state index is 10.9. The molecule has 7 heteroatoms. The van der Waals surface area contributed by atoms with E-state index in [4.69, 9.17) is 0 Å². The van der Waals surface area contributed by atoms with Crippen LogP contribution in [0.2, 0.25) is 0 Å². The van der Waals surface area contributed by atoms with E-state index in [1.165, 1.54) is 12.1 Å². The molecule has 2 N–H and O–H groups in total. The zero-order chi connectivity index (χ0) is 14.0. The molecule has 2 aromatic rings. The van der Waals surface area contributed by atoms with Gasteiger partial charge in [0.15, 0.2) is 0 Å². The Hall–Kier alpha value is -1.60. The van der Waals surface area contributed by atoms with E-state index in [-0.39, 0.29) is 17.5 Å². The molecule has 100 valence electrons. The predicted molar refractivity (Wildman–Crippen MR) is 78.8 cm³/mol. The van der Waals surface area contributed by atoms with Gasteiger partial charge in [0.1, 0.15) is 11.4 Å². The van der Waals surface area contributed by atoms with Gasteiger partial charge in [0.2, 0.25) is 0 Å². The van der Waals surface area contributed by atoms with Gasteiger partial charge in [-0.15, -0.1) is 11.3 Å². The third kappa shape index (κ3) is 3.24. The van der Waals surface area contributed by atoms with Gasteiger partial charge >= 0.3 is 0 Å². The third-order valence-electron chi connectivity index (χ3n) is 2.57. The highest BCUT2D eigenvalue weighted by Gasteiger charge is 2.17. The number of rotatable bonds is 4. The summed E-state index contributed by atoms with van der Waals surface area (Å²) < 4.78 is 1.01. The van der Waals surface area contributed by atoms with E-state index in [1.54, 1.807) is 11.3 Å². The highest BCUT2D eigenvalue weighted by molar-refractivity contribution is 9.11. The predicted octanol–water partition coefficient (Wildman–Crippen LogP) is 4.30. The van der Waals surface area contributed by atoms with Crippen molar-refractivity contribution in [2.24, 2.45) is 0 Å². The summed E-state index contributed by atoms with van der Waals surface area (Å²) in [6.07, 6.45) is 0. The van der Waals surface area contributed by atoms with Gasteiger partial charge in [-0.3, -0.25) is 10.1 Å². The second kappa shape index (κ2) is 5.58. The first kappa shape index (κ1) is 13.8. The van der Waals surface area contributed by atoms with Crippen molar-refractivity contribution in [3.05, 3.63) is 49.1 Å². The van der Waals surface area contributed by atoms with Gasteiger partial charge < -0.3 is 10.4 Å². The number of aromatic hydroxyl groups is 1. The molecule has 1 aromatic heterocycles. The summed E-state index contributed by atoms with van der Waals surface area (Å²) in [5, 5.41) is 23.3. The van der Waals surface area contributed by atoms with Crippen LogP contribution < -0.4 is 5.32 Å². The lowest BCUT2D eigenvalue weighted by atomic mass is 10.2. The average Bonchev–Trinajstić information content (AvgIpc) is 2.78. The summed E-state index contributed by atoms with van der Waals surface area (Å²) in [6.45, 7) is 1.93. The second-order valence-electron chi connectivity index (χ2n) is 3.97. The molecule has 19 heavy (non-hydrogen) atoms. The number of nitro groups is 1. The lowest BCUT2D eigenvalue weighted by Crippen LogP contribution is -2.06. The number of phenolic OH excluding ortho intramolecular Hbond substituents is 1. The molecule has 1 heterocycles. The van der Waals surface area contributed by atoms with Crippen LogP contribution in [0.1, 0.15) is 17.8 Å². The molecule has 0 aliphatic rings. The Balaban J connectivity index is 2.26. The van der Waals surface area contributed by atoms with Crippen LogP contribution in [0.15, 0.2) is 34.1 Å². The van der Waals surface area contributed by atoms with E-state index in [9.17, 15) is 15.2 Å². The monoisotopic (exact) mass is 342 g/mol. The summed E-state index contributed by atoms with van der Waals surface area (Å²) in [7, 11) is 0. The molecule has 0 amide bonds. The van der Waals surface area contributed by atoms with Crippen LogP contribution >= 0.6 is 27.3 Å². The highest BCUT2D eigenvalue weighted by Crippen LogP contribution is 2.33. The summed E-state index contributed by atoms with van der Waals surface area (Å²) in [5.74, 6) is -0.122. The Morgan fingerprint density at radius 1 is 1.42 bits per heavy atom. The number of nitro benzene ring substituents is 1. The molecule has 5 nitrogen and oxygen atoms in total. The van der Waals surface area contributed by atoms with Crippen molar-refractivity contribution in [3.63, 3.8) is 0 Å². The van der Waals surface area contributed by atoms with Crippen LogP contribution in [0.4, 0.5) is 11.4 Å². The first-order valence-electron chi connectivity index (χ1n) is 5.46. The zero-order valence-corrected chi connectivity index (χ0v) is 12.4. The normalized spacial score (nSPS) is 12.1. The summed E-state index contributed by atoms with van der Waals surface area (Å²) >= 11 is 4.95. The van der Waals surface area contributed by atoms with Gasteiger partial charge in [-0.2, -0.15) is 0 Å². The summed E-state index contributed by atoms with van der Waals surface area (Å²) in [5.41, 5.74) is 0.252. The van der Waals surface area contributed by atoms with Crippen LogP contribution in [0.5, 0.6) is 5.75 Å². The van der Waals surface area contributed by atoms with E-state index >= 15 is 0 Å². The number of nitrogens with one attached hydrogen (secondary N) is 1. The van der Waals surface area contributed by atoms with Crippen LogP contribution in [0, 0.1) is 10.1 Å². The fourth-order valence-corrected chi connectivity index (χ4v) is 3.08. The van der Waals surface area contributed by atoms with Crippen LogP contribution in [-0.2, 0) is 0 Å². The number of anilines is 1. The molecule has 1 aromatic carbocycles. The van der Waals surface area contributed by atoms with Crippen molar-refractivity contribution in [1.29, 1.82) is 0 Å². The van der Waals surface area contributed by atoms with Gasteiger partial charge in [-0.25, -0.2) is 0 Å². The topological polar surface area (TPSA) is 75.4 Å². The molecule has 0 fully saturated rings. The smallest absolute Gasteiger partial charge is 0.296 e. The van der Waals surface area contributed by atoms with Gasteiger partial charge in [-0.05, 0) is 47.1 Å². The summed E-state index contributed by atoms with van der Waals surface area (Å²) in [6, 6.07) is 7.90. The number of phenols is 1. The molecule has 0 spiro atoms. The molecule has 2 rings (SSSR count). The van der Waals surface area contributed by atoms with Crippen molar-refractivity contribution in [2.75, 3.05) is 5.32 Å². The Kier molecular flexibility index (Phi) is 4.06. The number of hydrogen-bond donors (Lipinski definition) is 2. The van der Waals surface area contributed by atoms with E-state index in [2.05, 4.69) is 21.2 Å². The number of benzene rings is 1. The quantitative estimate of drug-likeness (QED) is 0.493. The fourth-order valence-electron chi connectivity index (χ4n) is 1.66. The minimum atomic E-state index is -0.515. The minimum absolute atomic E-state index is 0.0560. The van der Waals surface area contributed by atoms with Gasteiger partial charge in [0.05, 0.1) is 20.8 Å². The molecule has 0 bridgehead atoms. The van der Waals surface area contributed by atoms with Crippen molar-refractivity contribution in [1.82, 2.24) is 0 Å². The highest BCUT2D eigenvalue weighted by atomic mass is 79.9. The van der Waals surface area contributed by atoms with Crippen LogP contribution in [0.3, 0.4) is 0 Å². The molecule has 0 aliphatic carbocycles. The van der Waals surface area contributed by atoms with Crippen molar-refractivity contribution < 1.29 is 10.0 Å². The first-order valence-corrected chi connectivity index (χ1v) is 7.07. The molecule has 0 saturated carbocycles. The molecule has 0 saturated heterocycles. The second-order valence-corrected chi connectivity index (χ2v) is 6.46. The Morgan fingerprint density at radius 3 is 2.74 bits per heavy atom. The first-order chi connectivity index (χ1) is 8.97. The maximum Gasteiger partial charge on any atom is 0.296 e. The Labute approximate surface area is 122 Å². The Morgan fingerprint density at radius 2 is 2.16 bits per heavy atom. The SMILES string of the molecule is CC(Nc1ccc(O)cc1[N+](=O)[O-])c1ccc(Br)s1. The van der Waals surface area contributed by atoms with Crippen LogP contribution in [-0.4, -0.2) is 10.0 Å². The van der Waals surface area contributed by atoms with E-state index in [1.807, 2.05) is 19.1 Å². The molecular weight excluding hydrogens is 332 g/mol. The standard InChI is InChI=1S/C12H11BrN2O3S/c1-7(11-4-5-12(13)19-11)14-9-3-2-8(16)6-10(9)15(17)18/h2-7,14,16H,1H3. The van der Waals surface area contributed by atoms with Crippen molar-refractivity contribution in [2.45, 2.75) is 13.0 Å². The number of thiophene rings is 1. The number of nitrogens with zero attached hydrogens (tertiary/aromatic N) is 1. The lowest BCUT2D eigenvalue weighted by Gasteiger charge is -2.13.